The molecule has 0 N–H and O–H groups in total. The highest BCUT2D eigenvalue weighted by molar-refractivity contribution is 5.77. The van der Waals surface area contributed by atoms with Crippen LogP contribution >= 0.6 is 0 Å². The van der Waals surface area contributed by atoms with Crippen LogP contribution in [0.5, 0.6) is 0 Å². The molecule has 1 heterocycles. The van der Waals surface area contributed by atoms with Crippen molar-refractivity contribution in [2.45, 2.75) is 53.5 Å². The van der Waals surface area contributed by atoms with Crippen molar-refractivity contribution in [2.24, 2.45) is 5.92 Å². The Morgan fingerprint density at radius 2 is 1.67 bits per heavy atom. The molecule has 39 heavy (non-hydrogen) atoms. The maximum Gasteiger partial charge on any atom is 0.213 e. The minimum Gasteiger partial charge on any atom is -0.198 e. The van der Waals surface area contributed by atoms with Gasteiger partial charge in [0.2, 0.25) is 5.69 Å². The molecule has 0 fully saturated rings. The SMILES string of the molecule is CCC1CC=CC=C1c1ccccc1/C=C(\C)CC[n+]1ccc(-c2ccccc2)cc1-c1ccc(C)cc1C. The molecule has 1 aliphatic carbocycles. The highest BCUT2D eigenvalue weighted by Gasteiger charge is 2.19. The van der Waals surface area contributed by atoms with Crippen LogP contribution in [-0.2, 0) is 6.54 Å². The van der Waals surface area contributed by atoms with Crippen LogP contribution in [0, 0.1) is 19.8 Å². The fourth-order valence-corrected chi connectivity index (χ4v) is 5.76. The van der Waals surface area contributed by atoms with Crippen molar-refractivity contribution in [3.63, 3.8) is 0 Å². The van der Waals surface area contributed by atoms with Crippen molar-refractivity contribution in [2.75, 3.05) is 0 Å². The summed E-state index contributed by atoms with van der Waals surface area (Å²) in [6, 6.07) is 31.0. The molecule has 0 amide bonds. The molecule has 0 spiro atoms. The van der Waals surface area contributed by atoms with E-state index >= 15 is 0 Å². The van der Waals surface area contributed by atoms with Crippen LogP contribution in [0.1, 0.15) is 55.4 Å². The Hall–Kier alpha value is -3.97. The van der Waals surface area contributed by atoms with E-state index in [4.69, 9.17) is 0 Å². The molecule has 0 saturated heterocycles. The third kappa shape index (κ3) is 6.20. The second-order valence-electron chi connectivity index (χ2n) is 10.9. The lowest BCUT2D eigenvalue weighted by molar-refractivity contribution is -0.685. The lowest BCUT2D eigenvalue weighted by Gasteiger charge is -2.22. The van der Waals surface area contributed by atoms with Gasteiger partial charge in [-0.2, -0.15) is 4.57 Å². The second-order valence-corrected chi connectivity index (χ2v) is 10.9. The molecule has 1 nitrogen and oxygen atoms in total. The number of benzene rings is 3. The zero-order valence-electron chi connectivity index (χ0n) is 23.8. The van der Waals surface area contributed by atoms with Crippen LogP contribution in [0.25, 0.3) is 34.0 Å². The molecule has 0 radical (unpaired) electrons. The summed E-state index contributed by atoms with van der Waals surface area (Å²) >= 11 is 0. The molecule has 1 unspecified atom stereocenters. The molecule has 1 aromatic heterocycles. The lowest BCUT2D eigenvalue weighted by atomic mass is 9.83. The number of pyridine rings is 1. The lowest BCUT2D eigenvalue weighted by Crippen LogP contribution is -2.36. The Morgan fingerprint density at radius 1 is 0.872 bits per heavy atom. The Morgan fingerprint density at radius 3 is 2.46 bits per heavy atom. The number of hydrogen-bond acceptors (Lipinski definition) is 0. The number of aromatic nitrogens is 1. The van der Waals surface area contributed by atoms with Gasteiger partial charge in [-0.1, -0.05) is 109 Å². The molecule has 0 bridgehead atoms. The van der Waals surface area contributed by atoms with E-state index in [0.717, 1.165) is 19.4 Å². The number of nitrogens with zero attached hydrogens (tertiary/aromatic N) is 1. The highest BCUT2D eigenvalue weighted by atomic mass is 15.0. The van der Waals surface area contributed by atoms with Crippen molar-refractivity contribution < 1.29 is 4.57 Å². The maximum absolute atomic E-state index is 2.43. The summed E-state index contributed by atoms with van der Waals surface area (Å²) in [5.41, 5.74) is 13.3. The molecule has 0 saturated carbocycles. The van der Waals surface area contributed by atoms with Gasteiger partial charge in [0.25, 0.3) is 0 Å². The molecule has 196 valence electrons. The van der Waals surface area contributed by atoms with E-state index in [1.165, 1.54) is 62.2 Å². The topological polar surface area (TPSA) is 3.88 Å². The monoisotopic (exact) mass is 510 g/mol. The standard InChI is InChI=1S/C38H40N/c1-5-31-13-9-11-17-36(31)37-18-12-10-16-34(37)26-29(3)21-23-39-24-22-33(32-14-7-6-8-15-32)27-38(39)35-20-19-28(2)25-30(35)4/h6-12,14-20,22,24-27,31H,5,13,21,23H2,1-4H3/q+1/b29-26+. The third-order valence-electron chi connectivity index (χ3n) is 7.99. The average molecular weight is 511 g/mol. The number of rotatable bonds is 8. The largest absolute Gasteiger partial charge is 0.213 e. The van der Waals surface area contributed by atoms with Gasteiger partial charge in [-0.05, 0) is 79.0 Å². The minimum absolute atomic E-state index is 0.601. The molecule has 1 heteroatoms. The predicted octanol–water partition coefficient (Wildman–Crippen LogP) is 9.79. The molecular weight excluding hydrogens is 470 g/mol. The number of hydrogen-bond donors (Lipinski definition) is 0. The van der Waals surface area contributed by atoms with Crippen molar-refractivity contribution >= 4 is 11.6 Å². The van der Waals surface area contributed by atoms with Crippen LogP contribution in [0.15, 0.2) is 115 Å². The molecule has 3 aromatic carbocycles. The summed E-state index contributed by atoms with van der Waals surface area (Å²) in [6.45, 7) is 9.90. The molecular formula is C38H40N+. The molecule has 1 atom stereocenters. The van der Waals surface area contributed by atoms with Crippen molar-refractivity contribution in [1.82, 2.24) is 0 Å². The highest BCUT2D eigenvalue weighted by Crippen LogP contribution is 2.34. The first kappa shape index (κ1) is 26.6. The van der Waals surface area contributed by atoms with Gasteiger partial charge in [-0.25, -0.2) is 0 Å². The van der Waals surface area contributed by atoms with Gasteiger partial charge in [0.05, 0.1) is 0 Å². The van der Waals surface area contributed by atoms with Crippen LogP contribution in [0.3, 0.4) is 0 Å². The zero-order chi connectivity index (χ0) is 27.2. The Bertz CT molecular complexity index is 1530. The van der Waals surface area contributed by atoms with Gasteiger partial charge in [-0.3, -0.25) is 0 Å². The fourth-order valence-electron chi connectivity index (χ4n) is 5.76. The van der Waals surface area contributed by atoms with E-state index in [0.29, 0.717) is 5.92 Å². The summed E-state index contributed by atoms with van der Waals surface area (Å²) in [5.74, 6) is 0.601. The first-order chi connectivity index (χ1) is 19.0. The van der Waals surface area contributed by atoms with Gasteiger partial charge in [0.15, 0.2) is 12.7 Å². The van der Waals surface area contributed by atoms with E-state index in [1.54, 1.807) is 0 Å². The average Bonchev–Trinajstić information content (AvgIpc) is 2.97. The maximum atomic E-state index is 2.43. The normalized spacial score (nSPS) is 15.3. The van der Waals surface area contributed by atoms with Gasteiger partial charge >= 0.3 is 0 Å². The Balaban J connectivity index is 1.45. The molecule has 5 rings (SSSR count). The van der Waals surface area contributed by atoms with Crippen molar-refractivity contribution in [3.8, 4) is 22.4 Å². The summed E-state index contributed by atoms with van der Waals surface area (Å²) in [4.78, 5) is 0. The van der Waals surface area contributed by atoms with E-state index < -0.39 is 0 Å². The van der Waals surface area contributed by atoms with Gasteiger partial charge in [-0.15, -0.1) is 0 Å². The first-order valence-corrected chi connectivity index (χ1v) is 14.3. The summed E-state index contributed by atoms with van der Waals surface area (Å²) in [6.07, 6.45) is 14.8. The Labute approximate surface area is 234 Å². The van der Waals surface area contributed by atoms with Crippen molar-refractivity contribution in [1.29, 1.82) is 0 Å². The van der Waals surface area contributed by atoms with E-state index in [-0.39, 0.29) is 0 Å². The third-order valence-corrected chi connectivity index (χ3v) is 7.99. The second kappa shape index (κ2) is 12.3. The summed E-state index contributed by atoms with van der Waals surface area (Å²) in [5, 5.41) is 0. The van der Waals surface area contributed by atoms with Crippen LogP contribution < -0.4 is 4.57 Å². The van der Waals surface area contributed by atoms with Gasteiger partial charge in [0.1, 0.15) is 0 Å². The molecule has 4 aromatic rings. The van der Waals surface area contributed by atoms with Gasteiger partial charge in [0, 0.05) is 24.1 Å². The van der Waals surface area contributed by atoms with Gasteiger partial charge < -0.3 is 0 Å². The van der Waals surface area contributed by atoms with E-state index in [9.17, 15) is 0 Å². The predicted molar refractivity (Wildman–Crippen MR) is 167 cm³/mol. The van der Waals surface area contributed by atoms with Crippen LogP contribution in [-0.4, -0.2) is 0 Å². The molecule has 1 aliphatic rings. The minimum atomic E-state index is 0.601. The number of allylic oxidation sites excluding steroid dienone is 5. The Kier molecular flexibility index (Phi) is 8.37. The summed E-state index contributed by atoms with van der Waals surface area (Å²) in [7, 11) is 0. The molecule has 0 aliphatic heterocycles. The van der Waals surface area contributed by atoms with E-state index in [2.05, 4.69) is 148 Å². The smallest absolute Gasteiger partial charge is 0.198 e. The van der Waals surface area contributed by atoms with Crippen LogP contribution in [0.2, 0.25) is 0 Å². The van der Waals surface area contributed by atoms with Crippen molar-refractivity contribution in [3.05, 3.63) is 137 Å². The first-order valence-electron chi connectivity index (χ1n) is 14.3. The van der Waals surface area contributed by atoms with Crippen LogP contribution in [0.4, 0.5) is 0 Å². The summed E-state index contributed by atoms with van der Waals surface area (Å²) < 4.78 is 2.43. The number of aryl methyl sites for hydroxylation is 3. The van der Waals surface area contributed by atoms with E-state index in [1.807, 2.05) is 0 Å². The quantitative estimate of drug-likeness (QED) is 0.208. The zero-order valence-corrected chi connectivity index (χ0v) is 23.8. The fraction of sp³-hybridized carbons (Fsp3) is 0.237.